The van der Waals surface area contributed by atoms with Gasteiger partial charge in [0.05, 0.1) is 18.5 Å². The summed E-state index contributed by atoms with van der Waals surface area (Å²) in [6.07, 6.45) is 4.86. The molecule has 1 aromatic heterocycles. The summed E-state index contributed by atoms with van der Waals surface area (Å²) >= 11 is 0. The van der Waals surface area contributed by atoms with Gasteiger partial charge in [0.15, 0.2) is 0 Å². The van der Waals surface area contributed by atoms with Crippen molar-refractivity contribution >= 4 is 17.9 Å². The van der Waals surface area contributed by atoms with E-state index in [2.05, 4.69) is 10.3 Å². The van der Waals surface area contributed by atoms with E-state index in [4.69, 9.17) is 9.57 Å². The van der Waals surface area contributed by atoms with Crippen molar-refractivity contribution in [2.45, 2.75) is 41.5 Å². The van der Waals surface area contributed by atoms with Crippen molar-refractivity contribution in [3.63, 3.8) is 0 Å². The fraction of sp³-hybridized carbons (Fsp3) is 0.588. The smallest absolute Gasteiger partial charge is 0.342 e. The van der Waals surface area contributed by atoms with Gasteiger partial charge in [0.25, 0.3) is 0 Å². The maximum atomic E-state index is 11.3. The van der Waals surface area contributed by atoms with Gasteiger partial charge >= 0.3 is 5.97 Å². The standard InChI is InChI=1S/C17H27N3O4/c1-12(2)10-23-15-14(16(21)22)9-18-20(15)8-7-17(5,6)11-24-19-13(3)4/h7-9,12H,10-11H2,1-6H3,(H,21,22)/b8-7+. The number of nitrogens with zero attached hydrogens (tertiary/aromatic N) is 3. The Kier molecular flexibility index (Phi) is 7.00. The summed E-state index contributed by atoms with van der Waals surface area (Å²) in [5.41, 5.74) is 0.585. The number of rotatable bonds is 9. The van der Waals surface area contributed by atoms with Crippen LogP contribution >= 0.6 is 0 Å². The summed E-state index contributed by atoms with van der Waals surface area (Å²) in [6.45, 7) is 12.5. The highest BCUT2D eigenvalue weighted by molar-refractivity contribution is 5.90. The van der Waals surface area contributed by atoms with E-state index in [9.17, 15) is 9.90 Å². The van der Waals surface area contributed by atoms with E-state index in [0.717, 1.165) is 5.71 Å². The summed E-state index contributed by atoms with van der Waals surface area (Å²) in [6, 6.07) is 0. The Labute approximate surface area is 142 Å². The summed E-state index contributed by atoms with van der Waals surface area (Å²) in [5.74, 6) is -0.561. The molecule has 0 unspecified atom stereocenters. The zero-order valence-corrected chi connectivity index (χ0v) is 15.2. The summed E-state index contributed by atoms with van der Waals surface area (Å²) < 4.78 is 7.06. The number of carboxylic acid groups (broad SMARTS) is 1. The Hall–Kier alpha value is -2.31. The Morgan fingerprint density at radius 3 is 2.67 bits per heavy atom. The minimum atomic E-state index is -1.07. The molecular weight excluding hydrogens is 310 g/mol. The molecule has 1 rings (SSSR count). The minimum absolute atomic E-state index is 0.0422. The van der Waals surface area contributed by atoms with Crippen LogP contribution in [0.5, 0.6) is 5.88 Å². The first-order valence-electron chi connectivity index (χ1n) is 7.88. The lowest BCUT2D eigenvalue weighted by atomic mass is 9.95. The third-order valence-corrected chi connectivity index (χ3v) is 2.88. The van der Waals surface area contributed by atoms with Gasteiger partial charge in [0.1, 0.15) is 12.2 Å². The molecule has 0 aliphatic carbocycles. The largest absolute Gasteiger partial charge is 0.477 e. The number of hydrogen-bond donors (Lipinski definition) is 1. The Morgan fingerprint density at radius 2 is 2.12 bits per heavy atom. The number of aromatic nitrogens is 2. The highest BCUT2D eigenvalue weighted by Crippen LogP contribution is 2.23. The molecule has 0 fully saturated rings. The van der Waals surface area contributed by atoms with Gasteiger partial charge in [-0.05, 0) is 19.8 Å². The topological polar surface area (TPSA) is 85.9 Å². The highest BCUT2D eigenvalue weighted by Gasteiger charge is 2.19. The molecule has 0 aliphatic heterocycles. The molecule has 0 amide bonds. The monoisotopic (exact) mass is 337 g/mol. The molecule has 0 radical (unpaired) electrons. The van der Waals surface area contributed by atoms with Crippen molar-refractivity contribution in [3.8, 4) is 5.88 Å². The fourth-order valence-electron chi connectivity index (χ4n) is 1.64. The lowest BCUT2D eigenvalue weighted by Crippen LogP contribution is -2.16. The molecule has 1 N–H and O–H groups in total. The molecule has 0 aromatic carbocycles. The van der Waals surface area contributed by atoms with Gasteiger partial charge < -0.3 is 14.7 Å². The van der Waals surface area contributed by atoms with Crippen molar-refractivity contribution in [3.05, 3.63) is 17.8 Å². The van der Waals surface area contributed by atoms with Crippen LogP contribution < -0.4 is 4.74 Å². The number of oxime groups is 1. The number of carbonyl (C=O) groups is 1. The zero-order valence-electron chi connectivity index (χ0n) is 15.2. The number of carboxylic acids is 1. The average molecular weight is 337 g/mol. The first kappa shape index (κ1) is 19.7. The predicted octanol–water partition coefficient (Wildman–Crippen LogP) is 3.53. The molecule has 1 heterocycles. The summed E-state index contributed by atoms with van der Waals surface area (Å²) in [4.78, 5) is 16.6. The second-order valence-electron chi connectivity index (χ2n) is 6.93. The van der Waals surface area contributed by atoms with E-state index >= 15 is 0 Å². The van der Waals surface area contributed by atoms with E-state index in [0.29, 0.717) is 13.2 Å². The van der Waals surface area contributed by atoms with Gasteiger partial charge in [0.2, 0.25) is 5.88 Å². The lowest BCUT2D eigenvalue weighted by Gasteiger charge is -2.18. The normalized spacial score (nSPS) is 11.8. The molecule has 0 bridgehead atoms. The first-order chi connectivity index (χ1) is 11.1. The Balaban J connectivity index is 2.92. The minimum Gasteiger partial charge on any atom is -0.477 e. The van der Waals surface area contributed by atoms with E-state index in [1.807, 2.05) is 47.6 Å². The van der Waals surface area contributed by atoms with Crippen molar-refractivity contribution in [2.75, 3.05) is 13.2 Å². The van der Waals surface area contributed by atoms with Gasteiger partial charge in [-0.1, -0.05) is 38.9 Å². The average Bonchev–Trinajstić information content (AvgIpc) is 2.85. The molecule has 134 valence electrons. The quantitative estimate of drug-likeness (QED) is 0.550. The maximum Gasteiger partial charge on any atom is 0.342 e. The van der Waals surface area contributed by atoms with Crippen LogP contribution in [0.4, 0.5) is 0 Å². The Bertz CT molecular complexity index is 611. The van der Waals surface area contributed by atoms with Crippen LogP contribution in [0.25, 0.3) is 6.20 Å². The number of ether oxygens (including phenoxy) is 1. The van der Waals surface area contributed by atoms with Crippen LogP contribution in [0.1, 0.15) is 51.9 Å². The van der Waals surface area contributed by atoms with Crippen molar-refractivity contribution in [2.24, 2.45) is 16.5 Å². The molecule has 0 aliphatic rings. The van der Waals surface area contributed by atoms with E-state index in [-0.39, 0.29) is 22.8 Å². The molecular formula is C17H27N3O4. The number of aromatic carboxylic acids is 1. The fourth-order valence-corrected chi connectivity index (χ4v) is 1.64. The van der Waals surface area contributed by atoms with Crippen molar-refractivity contribution in [1.82, 2.24) is 9.78 Å². The number of hydrogen-bond acceptors (Lipinski definition) is 5. The van der Waals surface area contributed by atoms with Crippen LogP contribution in [-0.2, 0) is 4.84 Å². The van der Waals surface area contributed by atoms with Crippen molar-refractivity contribution < 1.29 is 19.5 Å². The molecule has 0 saturated heterocycles. The van der Waals surface area contributed by atoms with E-state index in [1.54, 1.807) is 6.20 Å². The van der Waals surface area contributed by atoms with E-state index in [1.165, 1.54) is 10.9 Å². The van der Waals surface area contributed by atoms with Crippen LogP contribution in [-0.4, -0.2) is 39.8 Å². The molecule has 1 aromatic rings. The highest BCUT2D eigenvalue weighted by atomic mass is 16.6. The van der Waals surface area contributed by atoms with Crippen LogP contribution in [0.2, 0.25) is 0 Å². The molecule has 0 atom stereocenters. The summed E-state index contributed by atoms with van der Waals surface area (Å²) in [5, 5.41) is 17.2. The third kappa shape index (κ3) is 6.44. The molecule has 7 heteroatoms. The van der Waals surface area contributed by atoms with Gasteiger partial charge in [-0.3, -0.25) is 0 Å². The SMILES string of the molecule is CC(C)=NOCC(C)(C)/C=C/n1ncc(C(=O)O)c1OCC(C)C. The van der Waals surface area contributed by atoms with Gasteiger partial charge in [-0.2, -0.15) is 5.10 Å². The molecule has 0 spiro atoms. The van der Waals surface area contributed by atoms with Crippen LogP contribution in [0, 0.1) is 11.3 Å². The van der Waals surface area contributed by atoms with Crippen molar-refractivity contribution in [1.29, 1.82) is 0 Å². The second kappa shape index (κ2) is 8.52. The summed E-state index contributed by atoms with van der Waals surface area (Å²) in [7, 11) is 0. The van der Waals surface area contributed by atoms with Crippen LogP contribution in [0.15, 0.2) is 17.4 Å². The zero-order chi connectivity index (χ0) is 18.3. The van der Waals surface area contributed by atoms with Gasteiger partial charge in [0, 0.05) is 11.6 Å². The Morgan fingerprint density at radius 1 is 1.46 bits per heavy atom. The lowest BCUT2D eigenvalue weighted by molar-refractivity contribution is 0.0691. The predicted molar refractivity (Wildman–Crippen MR) is 93.4 cm³/mol. The maximum absolute atomic E-state index is 11.3. The first-order valence-corrected chi connectivity index (χ1v) is 7.88. The van der Waals surface area contributed by atoms with Gasteiger partial charge in [-0.15, -0.1) is 0 Å². The van der Waals surface area contributed by atoms with Crippen LogP contribution in [0.3, 0.4) is 0 Å². The molecule has 0 saturated carbocycles. The molecule has 24 heavy (non-hydrogen) atoms. The molecule has 7 nitrogen and oxygen atoms in total. The second-order valence-corrected chi connectivity index (χ2v) is 6.93. The van der Waals surface area contributed by atoms with E-state index < -0.39 is 5.97 Å². The third-order valence-electron chi connectivity index (χ3n) is 2.88. The van der Waals surface area contributed by atoms with Gasteiger partial charge in [-0.25, -0.2) is 9.48 Å².